The van der Waals surface area contributed by atoms with Crippen LogP contribution in [0.15, 0.2) is 42.7 Å². The number of carbonyl (C=O) groups excluding carboxylic acids is 1. The molecule has 1 aliphatic carbocycles. The molecule has 2 amide bonds. The number of urea groups is 1. The molecule has 0 saturated heterocycles. The van der Waals surface area contributed by atoms with E-state index in [-0.39, 0.29) is 18.1 Å². The number of methoxy groups -OCH3 is 1. The number of nitrogens with zero attached hydrogens (tertiary/aromatic N) is 4. The molecule has 140 valence electrons. The second kappa shape index (κ2) is 7.22. The molecule has 4 rings (SSSR count). The van der Waals surface area contributed by atoms with E-state index in [1.165, 1.54) is 0 Å². The molecule has 3 heterocycles. The van der Waals surface area contributed by atoms with Crippen molar-refractivity contribution < 1.29 is 9.53 Å². The van der Waals surface area contributed by atoms with Crippen LogP contribution < -0.4 is 15.4 Å². The molecule has 0 spiro atoms. The Hall–Kier alpha value is -3.16. The highest BCUT2D eigenvalue weighted by atomic mass is 16.5. The van der Waals surface area contributed by atoms with E-state index in [1.54, 1.807) is 13.3 Å². The fourth-order valence-corrected chi connectivity index (χ4v) is 3.20. The Kier molecular flexibility index (Phi) is 4.62. The Morgan fingerprint density at radius 1 is 1.22 bits per heavy atom. The van der Waals surface area contributed by atoms with E-state index in [4.69, 9.17) is 4.74 Å². The van der Waals surface area contributed by atoms with Gasteiger partial charge < -0.3 is 15.4 Å². The third kappa shape index (κ3) is 3.69. The first kappa shape index (κ1) is 17.3. The van der Waals surface area contributed by atoms with Gasteiger partial charge in [0.05, 0.1) is 19.2 Å². The number of nitrogens with one attached hydrogen (secondary N) is 2. The van der Waals surface area contributed by atoms with E-state index in [9.17, 15) is 4.79 Å². The average molecular weight is 366 g/mol. The van der Waals surface area contributed by atoms with Crippen molar-refractivity contribution in [1.29, 1.82) is 0 Å². The number of aromatic nitrogens is 4. The van der Waals surface area contributed by atoms with E-state index < -0.39 is 0 Å². The molecule has 27 heavy (non-hydrogen) atoms. The highest BCUT2D eigenvalue weighted by Crippen LogP contribution is 2.41. The van der Waals surface area contributed by atoms with Crippen LogP contribution in [0.4, 0.5) is 4.79 Å². The maximum Gasteiger partial charge on any atom is 0.315 e. The number of hydrogen-bond acceptors (Lipinski definition) is 5. The lowest BCUT2D eigenvalue weighted by Crippen LogP contribution is -2.40. The average Bonchev–Trinajstić information content (AvgIpc) is 3.44. The van der Waals surface area contributed by atoms with Crippen molar-refractivity contribution in [1.82, 2.24) is 30.2 Å². The SMILES string of the molecule is COc1ccc(C(NC(=O)NC(C)c2nnc3ccccn23)C2CC2)cn1. The molecule has 1 aliphatic rings. The van der Waals surface area contributed by atoms with Gasteiger partial charge in [-0.05, 0) is 43.4 Å². The highest BCUT2D eigenvalue weighted by Gasteiger charge is 2.34. The second-order valence-corrected chi connectivity index (χ2v) is 6.78. The van der Waals surface area contributed by atoms with Crippen molar-refractivity contribution in [2.24, 2.45) is 5.92 Å². The summed E-state index contributed by atoms with van der Waals surface area (Å²) in [5.74, 6) is 1.69. The molecular weight excluding hydrogens is 344 g/mol. The van der Waals surface area contributed by atoms with Gasteiger partial charge in [-0.15, -0.1) is 10.2 Å². The van der Waals surface area contributed by atoms with Gasteiger partial charge in [0.1, 0.15) is 0 Å². The maximum absolute atomic E-state index is 12.6. The molecule has 1 saturated carbocycles. The van der Waals surface area contributed by atoms with Crippen molar-refractivity contribution in [3.8, 4) is 5.88 Å². The Labute approximate surface area is 157 Å². The van der Waals surface area contributed by atoms with E-state index in [2.05, 4.69) is 25.8 Å². The molecular formula is C19H22N6O2. The van der Waals surface area contributed by atoms with Crippen molar-refractivity contribution >= 4 is 11.7 Å². The van der Waals surface area contributed by atoms with E-state index in [1.807, 2.05) is 47.9 Å². The normalized spacial score (nSPS) is 15.9. The molecule has 3 aromatic heterocycles. The monoisotopic (exact) mass is 366 g/mol. The largest absolute Gasteiger partial charge is 0.481 e. The zero-order chi connectivity index (χ0) is 18.8. The fourth-order valence-electron chi connectivity index (χ4n) is 3.20. The number of carbonyl (C=O) groups is 1. The van der Waals surface area contributed by atoms with Gasteiger partial charge in [0, 0.05) is 18.5 Å². The van der Waals surface area contributed by atoms with Gasteiger partial charge in [-0.25, -0.2) is 9.78 Å². The molecule has 0 bridgehead atoms. The van der Waals surface area contributed by atoms with Gasteiger partial charge in [-0.3, -0.25) is 4.40 Å². The molecule has 2 N–H and O–H groups in total. The van der Waals surface area contributed by atoms with Gasteiger partial charge in [-0.2, -0.15) is 0 Å². The Morgan fingerprint density at radius 3 is 2.78 bits per heavy atom. The Morgan fingerprint density at radius 2 is 2.07 bits per heavy atom. The smallest absolute Gasteiger partial charge is 0.315 e. The summed E-state index contributed by atoms with van der Waals surface area (Å²) in [5.41, 5.74) is 1.73. The predicted molar refractivity (Wildman–Crippen MR) is 99.3 cm³/mol. The molecule has 0 aromatic carbocycles. The van der Waals surface area contributed by atoms with Crippen molar-refractivity contribution in [2.75, 3.05) is 7.11 Å². The first-order valence-corrected chi connectivity index (χ1v) is 9.02. The van der Waals surface area contributed by atoms with Crippen LogP contribution in [0.1, 0.15) is 43.2 Å². The Bertz CT molecular complexity index is 935. The Balaban J connectivity index is 1.45. The summed E-state index contributed by atoms with van der Waals surface area (Å²) in [6.45, 7) is 1.89. The third-order valence-electron chi connectivity index (χ3n) is 4.78. The van der Waals surface area contributed by atoms with Crippen molar-refractivity contribution in [3.05, 3.63) is 54.1 Å². The lowest BCUT2D eigenvalue weighted by molar-refractivity contribution is 0.232. The van der Waals surface area contributed by atoms with Gasteiger partial charge in [-0.1, -0.05) is 12.1 Å². The minimum absolute atomic E-state index is 0.0641. The van der Waals surface area contributed by atoms with Gasteiger partial charge >= 0.3 is 6.03 Å². The van der Waals surface area contributed by atoms with Crippen LogP contribution in [0.2, 0.25) is 0 Å². The van der Waals surface area contributed by atoms with Crippen LogP contribution in [-0.2, 0) is 0 Å². The van der Waals surface area contributed by atoms with Crippen LogP contribution in [0.3, 0.4) is 0 Å². The standard InChI is InChI=1S/C19H22N6O2/c1-12(18-24-23-15-5-3-4-10-25(15)18)21-19(26)22-17(13-6-7-13)14-8-9-16(27-2)20-11-14/h3-5,8-13,17H,6-7H2,1-2H3,(H2,21,22,26). The summed E-state index contributed by atoms with van der Waals surface area (Å²) >= 11 is 0. The number of ether oxygens (including phenoxy) is 1. The van der Waals surface area contributed by atoms with Crippen molar-refractivity contribution in [3.63, 3.8) is 0 Å². The zero-order valence-electron chi connectivity index (χ0n) is 15.3. The minimum Gasteiger partial charge on any atom is -0.481 e. The quantitative estimate of drug-likeness (QED) is 0.699. The van der Waals surface area contributed by atoms with Crippen LogP contribution in [-0.4, -0.2) is 32.7 Å². The maximum atomic E-state index is 12.6. The van der Waals surface area contributed by atoms with Crippen LogP contribution in [0.25, 0.3) is 5.65 Å². The molecule has 0 aliphatic heterocycles. The number of pyridine rings is 2. The van der Waals surface area contributed by atoms with E-state index >= 15 is 0 Å². The summed E-state index contributed by atoms with van der Waals surface area (Å²) in [7, 11) is 1.58. The molecule has 0 radical (unpaired) electrons. The van der Waals surface area contributed by atoms with E-state index in [0.29, 0.717) is 17.6 Å². The second-order valence-electron chi connectivity index (χ2n) is 6.78. The van der Waals surface area contributed by atoms with Crippen molar-refractivity contribution in [2.45, 2.75) is 31.8 Å². The summed E-state index contributed by atoms with van der Waals surface area (Å²) in [6.07, 6.45) is 5.84. The topological polar surface area (TPSA) is 93.4 Å². The number of rotatable bonds is 6. The number of amides is 2. The molecule has 8 nitrogen and oxygen atoms in total. The van der Waals surface area contributed by atoms with Gasteiger partial charge in [0.15, 0.2) is 11.5 Å². The fraction of sp³-hybridized carbons (Fsp3) is 0.368. The van der Waals surface area contributed by atoms with Gasteiger partial charge in [0.2, 0.25) is 5.88 Å². The molecule has 1 fully saturated rings. The first-order chi connectivity index (χ1) is 13.2. The highest BCUT2D eigenvalue weighted by molar-refractivity contribution is 5.75. The summed E-state index contributed by atoms with van der Waals surface area (Å²) in [6, 6.07) is 8.88. The lowest BCUT2D eigenvalue weighted by Gasteiger charge is -2.21. The van der Waals surface area contributed by atoms with E-state index in [0.717, 1.165) is 24.1 Å². The zero-order valence-corrected chi connectivity index (χ0v) is 15.3. The predicted octanol–water partition coefficient (Wildman–Crippen LogP) is 2.64. The first-order valence-electron chi connectivity index (χ1n) is 9.02. The van der Waals surface area contributed by atoms with Crippen LogP contribution in [0, 0.1) is 5.92 Å². The lowest BCUT2D eigenvalue weighted by atomic mass is 10.0. The van der Waals surface area contributed by atoms with Gasteiger partial charge in [0.25, 0.3) is 0 Å². The molecule has 8 heteroatoms. The number of hydrogen-bond donors (Lipinski definition) is 2. The van der Waals surface area contributed by atoms with Crippen LogP contribution in [0.5, 0.6) is 5.88 Å². The van der Waals surface area contributed by atoms with Crippen LogP contribution >= 0.6 is 0 Å². The molecule has 2 atom stereocenters. The molecule has 2 unspecified atom stereocenters. The summed E-state index contributed by atoms with van der Waals surface area (Å²) < 4.78 is 6.98. The summed E-state index contributed by atoms with van der Waals surface area (Å²) in [5, 5.41) is 14.4. The third-order valence-corrected chi connectivity index (χ3v) is 4.78. The minimum atomic E-state index is -0.281. The summed E-state index contributed by atoms with van der Waals surface area (Å²) in [4.78, 5) is 16.9. The number of fused-ring (bicyclic) bond motifs is 1. The molecule has 3 aromatic rings.